The number of hydrogen-bond acceptors (Lipinski definition) is 7. The number of para-hydroxylation sites is 1. The highest BCUT2D eigenvalue weighted by atomic mass is 32.2. The lowest BCUT2D eigenvalue weighted by molar-refractivity contribution is -0.137. The standard InChI is InChI=1S/C30H31F3N6O3S/c1-6-23(40)38-16(2)12-37(13-17(38)3)28-21-10-22(30(31,32)33)24(20-9-7-8-18-11-34-36(4)25(18)20)27-26(21)39(29(41)35-28)19(14-42-5)15-43-27/h6-11,16-17,19H,1,12-15H2,2-5H3/t16-,17+,19?. The zero-order chi connectivity index (χ0) is 30.8. The molecule has 4 heterocycles. The second kappa shape index (κ2) is 10.7. The van der Waals surface area contributed by atoms with Gasteiger partial charge in [-0.15, -0.1) is 11.8 Å². The normalized spacial score (nSPS) is 20.7. The highest BCUT2D eigenvalue weighted by molar-refractivity contribution is 7.99. The number of nitrogens with zero attached hydrogens (tertiary/aromatic N) is 6. The molecule has 226 valence electrons. The summed E-state index contributed by atoms with van der Waals surface area (Å²) < 4.78 is 53.7. The quantitative estimate of drug-likeness (QED) is 0.297. The third-order valence-electron chi connectivity index (χ3n) is 8.27. The molecular formula is C30H31F3N6O3S. The Bertz CT molecular complexity index is 1820. The number of ether oxygens (including phenoxy) is 1. The Hall–Kier alpha value is -3.84. The molecule has 0 N–H and O–H groups in total. The van der Waals surface area contributed by atoms with E-state index < -0.39 is 23.5 Å². The van der Waals surface area contributed by atoms with Crippen molar-refractivity contribution in [1.82, 2.24) is 24.2 Å². The summed E-state index contributed by atoms with van der Waals surface area (Å²) in [6.45, 7) is 8.09. The van der Waals surface area contributed by atoms with Crippen LogP contribution in [-0.2, 0) is 22.8 Å². The molecule has 2 aliphatic rings. The molecule has 0 aliphatic carbocycles. The van der Waals surface area contributed by atoms with Gasteiger partial charge in [-0.3, -0.25) is 14.0 Å². The van der Waals surface area contributed by atoms with Crippen molar-refractivity contribution >= 4 is 45.3 Å². The lowest BCUT2D eigenvalue weighted by Gasteiger charge is -2.45. The number of thioether (sulfide) groups is 1. The fraction of sp³-hybridized carbons (Fsp3) is 0.400. The lowest BCUT2D eigenvalue weighted by atomic mass is 9.94. The van der Waals surface area contributed by atoms with Gasteiger partial charge in [0.25, 0.3) is 0 Å². The van der Waals surface area contributed by atoms with E-state index in [2.05, 4.69) is 16.7 Å². The summed E-state index contributed by atoms with van der Waals surface area (Å²) in [5.41, 5.74) is 0.00756. The van der Waals surface area contributed by atoms with E-state index in [0.29, 0.717) is 32.6 Å². The minimum absolute atomic E-state index is 0.0171. The van der Waals surface area contributed by atoms with Crippen LogP contribution in [0.4, 0.5) is 19.0 Å². The first-order chi connectivity index (χ1) is 20.5. The highest BCUT2D eigenvalue weighted by Gasteiger charge is 2.41. The Balaban J connectivity index is 1.68. The number of aromatic nitrogens is 4. The summed E-state index contributed by atoms with van der Waals surface area (Å²) in [7, 11) is 3.22. The summed E-state index contributed by atoms with van der Waals surface area (Å²) in [5.74, 6) is 0.288. The summed E-state index contributed by atoms with van der Waals surface area (Å²) in [4.78, 5) is 34.6. The molecule has 9 nitrogen and oxygen atoms in total. The van der Waals surface area contributed by atoms with Crippen LogP contribution in [0.1, 0.15) is 25.5 Å². The van der Waals surface area contributed by atoms with Crippen LogP contribution in [0.25, 0.3) is 32.9 Å². The van der Waals surface area contributed by atoms with Gasteiger partial charge in [0.05, 0.1) is 35.4 Å². The second-order valence-electron chi connectivity index (χ2n) is 11.1. The predicted molar refractivity (Wildman–Crippen MR) is 161 cm³/mol. The van der Waals surface area contributed by atoms with Gasteiger partial charge >= 0.3 is 11.9 Å². The SMILES string of the molecule is C=CC(=O)N1[C@H](C)CN(c2nc(=O)n3c4c(c(-c5cccc6cnn(C)c56)c(C(F)(F)F)cc24)SCC3COC)C[C@@H]1C. The lowest BCUT2D eigenvalue weighted by Crippen LogP contribution is -2.58. The van der Waals surface area contributed by atoms with Crippen molar-refractivity contribution < 1.29 is 22.7 Å². The summed E-state index contributed by atoms with van der Waals surface area (Å²) in [5, 5.41) is 5.24. The molecule has 0 radical (unpaired) electrons. The number of carbonyl (C=O) groups is 1. The maximum atomic E-state index is 15.1. The largest absolute Gasteiger partial charge is 0.417 e. The van der Waals surface area contributed by atoms with Gasteiger partial charge < -0.3 is 14.5 Å². The van der Waals surface area contributed by atoms with Crippen molar-refractivity contribution in [3.05, 3.63) is 59.2 Å². The third-order valence-corrected chi connectivity index (χ3v) is 9.51. The zero-order valence-electron chi connectivity index (χ0n) is 24.2. The molecule has 1 saturated heterocycles. The number of halogens is 3. The number of piperazine rings is 1. The number of amides is 1. The Kier molecular flexibility index (Phi) is 7.28. The molecule has 2 aliphatic heterocycles. The van der Waals surface area contributed by atoms with E-state index in [0.717, 1.165) is 6.07 Å². The van der Waals surface area contributed by atoms with Crippen molar-refractivity contribution in [2.24, 2.45) is 7.05 Å². The number of anilines is 1. The molecule has 0 bridgehead atoms. The molecule has 1 fully saturated rings. The molecule has 13 heteroatoms. The zero-order valence-corrected chi connectivity index (χ0v) is 25.0. The number of carbonyl (C=O) groups excluding carboxylic acids is 1. The van der Waals surface area contributed by atoms with E-state index in [1.165, 1.54) is 29.5 Å². The predicted octanol–water partition coefficient (Wildman–Crippen LogP) is 4.87. The summed E-state index contributed by atoms with van der Waals surface area (Å²) >= 11 is 1.29. The number of hydrogen-bond donors (Lipinski definition) is 0. The van der Waals surface area contributed by atoms with Crippen LogP contribution in [0.5, 0.6) is 0 Å². The Labute approximate surface area is 249 Å². The van der Waals surface area contributed by atoms with Gasteiger partial charge in [0, 0.05) is 71.9 Å². The molecule has 1 amide bonds. The smallest absolute Gasteiger partial charge is 0.383 e. The molecule has 1 unspecified atom stereocenters. The minimum Gasteiger partial charge on any atom is -0.383 e. The highest BCUT2D eigenvalue weighted by Crippen LogP contribution is 2.51. The molecule has 6 rings (SSSR count). The molecule has 43 heavy (non-hydrogen) atoms. The van der Waals surface area contributed by atoms with Gasteiger partial charge in [-0.2, -0.15) is 23.3 Å². The first-order valence-corrected chi connectivity index (χ1v) is 14.9. The fourth-order valence-electron chi connectivity index (χ4n) is 6.61. The maximum absolute atomic E-state index is 15.1. The molecule has 2 aromatic carbocycles. The van der Waals surface area contributed by atoms with Gasteiger partial charge in [-0.1, -0.05) is 24.8 Å². The molecule has 3 atom stereocenters. The van der Waals surface area contributed by atoms with Crippen molar-refractivity contribution in [3.8, 4) is 11.1 Å². The van der Waals surface area contributed by atoms with Crippen molar-refractivity contribution in [2.45, 2.75) is 43.0 Å². The summed E-state index contributed by atoms with van der Waals surface area (Å²) in [6, 6.07) is 5.33. The van der Waals surface area contributed by atoms with Crippen LogP contribution in [-0.4, -0.2) is 74.8 Å². The van der Waals surface area contributed by atoms with Crippen molar-refractivity contribution in [1.29, 1.82) is 0 Å². The second-order valence-corrected chi connectivity index (χ2v) is 12.1. The third kappa shape index (κ3) is 4.69. The van der Waals surface area contributed by atoms with Crippen LogP contribution in [0.2, 0.25) is 0 Å². The monoisotopic (exact) mass is 612 g/mol. The van der Waals surface area contributed by atoms with Gasteiger partial charge in [-0.05, 0) is 26.0 Å². The molecule has 0 saturated carbocycles. The summed E-state index contributed by atoms with van der Waals surface area (Å²) in [6.07, 6.45) is -1.83. The first kappa shape index (κ1) is 29.2. The number of benzene rings is 2. The van der Waals surface area contributed by atoms with Gasteiger partial charge in [-0.25, -0.2) is 4.79 Å². The average molecular weight is 613 g/mol. The van der Waals surface area contributed by atoms with Gasteiger partial charge in [0.15, 0.2) is 0 Å². The van der Waals surface area contributed by atoms with E-state index in [4.69, 9.17) is 4.74 Å². The van der Waals surface area contributed by atoms with Crippen molar-refractivity contribution in [2.75, 3.05) is 37.5 Å². The van der Waals surface area contributed by atoms with Crippen LogP contribution >= 0.6 is 11.8 Å². The Morgan fingerprint density at radius 2 is 1.93 bits per heavy atom. The van der Waals surface area contributed by atoms with Gasteiger partial charge in [0.1, 0.15) is 5.82 Å². The molecule has 4 aromatic rings. The van der Waals surface area contributed by atoms with E-state index in [-0.39, 0.29) is 54.5 Å². The average Bonchev–Trinajstić information content (AvgIpc) is 3.34. The molecule has 0 spiro atoms. The van der Waals surface area contributed by atoms with Crippen LogP contribution in [0.3, 0.4) is 0 Å². The number of fused-ring (bicyclic) bond motifs is 1. The van der Waals surface area contributed by atoms with Crippen LogP contribution in [0.15, 0.2) is 52.8 Å². The Morgan fingerprint density at radius 3 is 2.58 bits per heavy atom. The maximum Gasteiger partial charge on any atom is 0.417 e. The molecular weight excluding hydrogens is 581 g/mol. The van der Waals surface area contributed by atoms with Crippen molar-refractivity contribution in [3.63, 3.8) is 0 Å². The van der Waals surface area contributed by atoms with E-state index >= 15 is 13.2 Å². The van der Waals surface area contributed by atoms with Gasteiger partial charge in [0.2, 0.25) is 5.91 Å². The Morgan fingerprint density at radius 1 is 1.21 bits per heavy atom. The van der Waals surface area contributed by atoms with E-state index in [1.54, 1.807) is 35.0 Å². The number of aryl methyl sites for hydroxylation is 1. The number of methoxy groups -OCH3 is 1. The van der Waals surface area contributed by atoms with Crippen LogP contribution < -0.4 is 10.6 Å². The van der Waals surface area contributed by atoms with Crippen LogP contribution in [0, 0.1) is 0 Å². The molecule has 2 aromatic heterocycles. The first-order valence-electron chi connectivity index (χ1n) is 13.9. The number of rotatable bonds is 5. The van der Waals surface area contributed by atoms with E-state index in [9.17, 15) is 9.59 Å². The topological polar surface area (TPSA) is 85.5 Å². The fourth-order valence-corrected chi connectivity index (χ4v) is 7.92. The van der Waals surface area contributed by atoms with E-state index in [1.807, 2.05) is 24.8 Å². The minimum atomic E-state index is -4.71. The number of alkyl halides is 3.